The monoisotopic (exact) mass is 262 g/mol. The van der Waals surface area contributed by atoms with Gasteiger partial charge in [-0.25, -0.2) is 4.98 Å². The molecule has 0 bridgehead atoms. The smallest absolute Gasteiger partial charge is 0.127 e. The number of phenolic OH excluding ortho intramolecular Hbond substituents is 1. The molecule has 3 rings (SSSR count). The maximum absolute atomic E-state index is 9.38. The van der Waals surface area contributed by atoms with Gasteiger partial charge in [0.25, 0.3) is 0 Å². The van der Waals surface area contributed by atoms with Crippen molar-refractivity contribution in [3.05, 3.63) is 40.3 Å². The highest BCUT2D eigenvalue weighted by Gasteiger charge is 2.23. The number of thiazole rings is 1. The van der Waals surface area contributed by atoms with Crippen molar-refractivity contribution in [2.24, 2.45) is 0 Å². The first-order valence-corrected chi connectivity index (χ1v) is 6.78. The molecule has 1 aromatic carbocycles. The summed E-state index contributed by atoms with van der Waals surface area (Å²) in [6.45, 7) is 1.50. The van der Waals surface area contributed by atoms with Crippen LogP contribution in [-0.2, 0) is 6.42 Å². The second-order valence-corrected chi connectivity index (χ2v) is 5.19. The van der Waals surface area contributed by atoms with Crippen molar-refractivity contribution >= 4 is 11.3 Å². The van der Waals surface area contributed by atoms with Crippen LogP contribution in [0.1, 0.15) is 16.6 Å². The van der Waals surface area contributed by atoms with Gasteiger partial charge in [-0.1, -0.05) is 0 Å². The van der Waals surface area contributed by atoms with Gasteiger partial charge in [-0.2, -0.15) is 0 Å². The molecule has 18 heavy (non-hydrogen) atoms. The van der Waals surface area contributed by atoms with Crippen molar-refractivity contribution in [1.82, 2.24) is 10.3 Å². The van der Waals surface area contributed by atoms with Crippen molar-refractivity contribution in [3.8, 4) is 11.5 Å². The molecule has 1 aliphatic rings. The number of benzene rings is 1. The third-order valence-corrected chi connectivity index (χ3v) is 3.83. The molecule has 4 nitrogen and oxygen atoms in total. The highest BCUT2D eigenvalue weighted by Crippen LogP contribution is 2.34. The Hall–Kier alpha value is -1.59. The Balaban J connectivity index is 1.59. The topological polar surface area (TPSA) is 54.4 Å². The quantitative estimate of drug-likeness (QED) is 0.886. The first-order chi connectivity index (χ1) is 8.83. The minimum absolute atomic E-state index is 0.209. The molecule has 0 amide bonds. The van der Waals surface area contributed by atoms with Gasteiger partial charge in [-0.3, -0.25) is 0 Å². The summed E-state index contributed by atoms with van der Waals surface area (Å²) >= 11 is 1.68. The maximum Gasteiger partial charge on any atom is 0.127 e. The number of fused-ring (bicyclic) bond motifs is 1. The Kier molecular flexibility index (Phi) is 3.17. The van der Waals surface area contributed by atoms with Crippen LogP contribution >= 0.6 is 11.3 Å². The zero-order valence-electron chi connectivity index (χ0n) is 9.80. The minimum atomic E-state index is 0.209. The van der Waals surface area contributed by atoms with Crippen LogP contribution in [0.4, 0.5) is 0 Å². The fourth-order valence-corrected chi connectivity index (χ4v) is 2.72. The summed E-state index contributed by atoms with van der Waals surface area (Å²) in [5.74, 6) is 1.03. The van der Waals surface area contributed by atoms with Gasteiger partial charge < -0.3 is 15.2 Å². The van der Waals surface area contributed by atoms with Gasteiger partial charge in [0, 0.05) is 36.2 Å². The van der Waals surface area contributed by atoms with Crippen molar-refractivity contribution < 1.29 is 9.84 Å². The van der Waals surface area contributed by atoms with Crippen LogP contribution in [-0.4, -0.2) is 23.2 Å². The zero-order chi connectivity index (χ0) is 12.4. The Labute approximate surface area is 109 Å². The van der Waals surface area contributed by atoms with E-state index in [0.29, 0.717) is 6.61 Å². The van der Waals surface area contributed by atoms with Gasteiger partial charge in [0.1, 0.15) is 18.1 Å². The molecule has 2 N–H and O–H groups in total. The third kappa shape index (κ3) is 2.32. The molecular formula is C13H14N2O2S. The fraction of sp³-hybridized carbons (Fsp3) is 0.308. The van der Waals surface area contributed by atoms with E-state index in [1.54, 1.807) is 23.5 Å². The second kappa shape index (κ2) is 4.96. The lowest BCUT2D eigenvalue weighted by atomic mass is 10.1. The number of aromatic nitrogens is 1. The number of aromatic hydroxyl groups is 1. The number of rotatable bonds is 4. The van der Waals surface area contributed by atoms with Crippen LogP contribution in [0.3, 0.4) is 0 Å². The second-order valence-electron chi connectivity index (χ2n) is 4.22. The van der Waals surface area contributed by atoms with E-state index >= 15 is 0 Å². The van der Waals surface area contributed by atoms with Crippen LogP contribution in [0.15, 0.2) is 29.8 Å². The summed E-state index contributed by atoms with van der Waals surface area (Å²) < 4.78 is 5.54. The van der Waals surface area contributed by atoms with Gasteiger partial charge in [0.05, 0.1) is 11.0 Å². The van der Waals surface area contributed by atoms with E-state index in [1.807, 2.05) is 17.6 Å². The molecule has 94 valence electrons. The Bertz CT molecular complexity index is 528. The number of hydrogen-bond donors (Lipinski definition) is 2. The van der Waals surface area contributed by atoms with E-state index in [0.717, 1.165) is 29.3 Å². The molecule has 1 atom stereocenters. The average molecular weight is 262 g/mol. The van der Waals surface area contributed by atoms with E-state index in [-0.39, 0.29) is 11.8 Å². The van der Waals surface area contributed by atoms with Crippen LogP contribution in [0.25, 0.3) is 0 Å². The van der Waals surface area contributed by atoms with E-state index in [9.17, 15) is 5.11 Å². The largest absolute Gasteiger partial charge is 0.508 e. The van der Waals surface area contributed by atoms with Gasteiger partial charge in [0.15, 0.2) is 0 Å². The molecule has 2 aromatic rings. The highest BCUT2D eigenvalue weighted by atomic mass is 32.1. The van der Waals surface area contributed by atoms with E-state index < -0.39 is 0 Å². The lowest BCUT2D eigenvalue weighted by Gasteiger charge is -2.10. The van der Waals surface area contributed by atoms with E-state index in [2.05, 4.69) is 10.3 Å². The molecule has 2 heterocycles. The summed E-state index contributed by atoms with van der Waals surface area (Å²) in [6.07, 6.45) is 2.76. The molecule has 1 unspecified atom stereocenters. The molecular weight excluding hydrogens is 248 g/mol. The molecule has 0 saturated carbocycles. The molecule has 1 aliphatic heterocycles. The van der Waals surface area contributed by atoms with Crippen molar-refractivity contribution in [3.63, 3.8) is 0 Å². The summed E-state index contributed by atoms with van der Waals surface area (Å²) in [7, 11) is 0. The molecule has 0 radical (unpaired) electrons. The zero-order valence-corrected chi connectivity index (χ0v) is 10.6. The van der Waals surface area contributed by atoms with Crippen LogP contribution in [0.5, 0.6) is 11.5 Å². The first kappa shape index (κ1) is 11.5. The van der Waals surface area contributed by atoms with E-state index in [4.69, 9.17) is 4.74 Å². The molecule has 1 aromatic heterocycles. The molecule has 0 aliphatic carbocycles. The number of nitrogens with zero attached hydrogens (tertiary/aromatic N) is 1. The number of hydrogen-bond acceptors (Lipinski definition) is 5. The van der Waals surface area contributed by atoms with E-state index in [1.165, 1.54) is 0 Å². The van der Waals surface area contributed by atoms with Crippen LogP contribution < -0.4 is 10.1 Å². The van der Waals surface area contributed by atoms with Gasteiger partial charge in [0.2, 0.25) is 0 Å². The molecule has 0 saturated heterocycles. The Morgan fingerprint density at radius 3 is 3.28 bits per heavy atom. The van der Waals surface area contributed by atoms with Gasteiger partial charge in [-0.05, 0) is 12.1 Å². The summed E-state index contributed by atoms with van der Waals surface area (Å²) in [5.41, 5.74) is 1.12. The predicted octanol–water partition coefficient (Wildman–Crippen LogP) is 2.11. The highest BCUT2D eigenvalue weighted by molar-refractivity contribution is 7.09. The lowest BCUT2D eigenvalue weighted by Crippen LogP contribution is -2.24. The summed E-state index contributed by atoms with van der Waals surface area (Å²) in [5, 5.41) is 16.0. The molecule has 5 heteroatoms. The number of nitrogens with one attached hydrogen (secondary N) is 1. The third-order valence-electron chi connectivity index (χ3n) is 2.99. The minimum Gasteiger partial charge on any atom is -0.508 e. The Morgan fingerprint density at radius 2 is 2.44 bits per heavy atom. The fourth-order valence-electron chi connectivity index (χ4n) is 2.10. The number of phenols is 1. The molecule has 0 spiro atoms. The van der Waals surface area contributed by atoms with Crippen LogP contribution in [0, 0.1) is 0 Å². The maximum atomic E-state index is 9.38. The SMILES string of the molecule is Oc1ccc2c(c1)OCC2NCCc1nccs1. The van der Waals surface area contributed by atoms with Crippen LogP contribution in [0.2, 0.25) is 0 Å². The van der Waals surface area contributed by atoms with Gasteiger partial charge in [-0.15, -0.1) is 11.3 Å². The number of ether oxygens (including phenoxy) is 1. The van der Waals surface area contributed by atoms with Crippen molar-refractivity contribution in [2.45, 2.75) is 12.5 Å². The average Bonchev–Trinajstić information content (AvgIpc) is 2.99. The normalized spacial score (nSPS) is 17.4. The van der Waals surface area contributed by atoms with Gasteiger partial charge >= 0.3 is 0 Å². The van der Waals surface area contributed by atoms with Crippen molar-refractivity contribution in [2.75, 3.05) is 13.2 Å². The summed E-state index contributed by atoms with van der Waals surface area (Å²) in [6, 6.07) is 5.49. The first-order valence-electron chi connectivity index (χ1n) is 5.90. The van der Waals surface area contributed by atoms with Crippen molar-refractivity contribution in [1.29, 1.82) is 0 Å². The molecule has 0 fully saturated rings. The predicted molar refractivity (Wildman–Crippen MR) is 70.2 cm³/mol. The Morgan fingerprint density at radius 1 is 1.50 bits per heavy atom. The lowest BCUT2D eigenvalue weighted by molar-refractivity contribution is 0.311. The standard InChI is InChI=1S/C13H14N2O2S/c16-9-1-2-10-11(8-17-12(10)7-9)14-4-3-13-15-5-6-18-13/h1-2,5-7,11,14,16H,3-4,8H2. The summed E-state index contributed by atoms with van der Waals surface area (Å²) in [4.78, 5) is 4.25.